The van der Waals surface area contributed by atoms with Crippen molar-refractivity contribution < 1.29 is 9.90 Å². The van der Waals surface area contributed by atoms with Gasteiger partial charge in [0.2, 0.25) is 5.91 Å². The first-order valence-electron chi connectivity index (χ1n) is 4.75. The standard InChI is InChI=1S/C9H15NO2/c11-8-4-5-10-7(6-8)2-1-3-9(10)12/h7-8,11H,1-6H2. The summed E-state index contributed by atoms with van der Waals surface area (Å²) in [5.74, 6) is 0.290. The van der Waals surface area contributed by atoms with Gasteiger partial charge in [0.25, 0.3) is 0 Å². The Hall–Kier alpha value is -0.570. The first-order valence-corrected chi connectivity index (χ1v) is 4.75. The van der Waals surface area contributed by atoms with Crippen LogP contribution in [0, 0.1) is 0 Å². The summed E-state index contributed by atoms with van der Waals surface area (Å²) in [5, 5.41) is 9.40. The number of hydrogen-bond acceptors (Lipinski definition) is 2. The highest BCUT2D eigenvalue weighted by Crippen LogP contribution is 2.26. The minimum atomic E-state index is -0.169. The molecule has 0 aromatic carbocycles. The molecule has 0 aromatic rings. The number of aliphatic hydroxyl groups is 1. The first kappa shape index (κ1) is 8.05. The monoisotopic (exact) mass is 169 g/mol. The van der Waals surface area contributed by atoms with Gasteiger partial charge in [-0.3, -0.25) is 4.79 Å². The Kier molecular flexibility index (Phi) is 2.05. The van der Waals surface area contributed by atoms with E-state index in [9.17, 15) is 9.90 Å². The van der Waals surface area contributed by atoms with Crippen LogP contribution in [0.5, 0.6) is 0 Å². The fourth-order valence-electron chi connectivity index (χ4n) is 2.26. The number of carbonyl (C=O) groups excluding carboxylic acids is 1. The van der Waals surface area contributed by atoms with Crippen molar-refractivity contribution in [3.05, 3.63) is 0 Å². The van der Waals surface area contributed by atoms with Gasteiger partial charge in [0.1, 0.15) is 0 Å². The van der Waals surface area contributed by atoms with E-state index >= 15 is 0 Å². The van der Waals surface area contributed by atoms with Gasteiger partial charge in [-0.2, -0.15) is 0 Å². The number of carbonyl (C=O) groups is 1. The van der Waals surface area contributed by atoms with Gasteiger partial charge in [0.15, 0.2) is 0 Å². The third kappa shape index (κ3) is 1.33. The lowest BCUT2D eigenvalue weighted by Gasteiger charge is -2.40. The van der Waals surface area contributed by atoms with Crippen LogP contribution in [-0.2, 0) is 4.79 Å². The van der Waals surface area contributed by atoms with Crippen LogP contribution in [0.25, 0.3) is 0 Å². The number of fused-ring (bicyclic) bond motifs is 1. The maximum absolute atomic E-state index is 11.4. The second-order valence-corrected chi connectivity index (χ2v) is 3.81. The number of rotatable bonds is 0. The fourth-order valence-corrected chi connectivity index (χ4v) is 2.26. The molecule has 2 fully saturated rings. The van der Waals surface area contributed by atoms with Gasteiger partial charge >= 0.3 is 0 Å². The molecular formula is C9H15NO2. The number of piperidine rings is 2. The molecule has 0 bridgehead atoms. The Morgan fingerprint density at radius 2 is 2.25 bits per heavy atom. The minimum absolute atomic E-state index is 0.169. The highest BCUT2D eigenvalue weighted by molar-refractivity contribution is 5.77. The number of amides is 1. The second-order valence-electron chi connectivity index (χ2n) is 3.81. The molecular weight excluding hydrogens is 154 g/mol. The SMILES string of the molecule is O=C1CCCC2CC(O)CCN12. The van der Waals surface area contributed by atoms with Crippen molar-refractivity contribution in [2.45, 2.75) is 44.2 Å². The fraction of sp³-hybridized carbons (Fsp3) is 0.889. The quantitative estimate of drug-likeness (QED) is 0.574. The van der Waals surface area contributed by atoms with E-state index in [0.29, 0.717) is 12.5 Å². The van der Waals surface area contributed by atoms with Crippen LogP contribution in [0.3, 0.4) is 0 Å². The molecule has 2 rings (SSSR count). The molecule has 2 atom stereocenters. The van der Waals surface area contributed by atoms with Crippen molar-refractivity contribution in [1.82, 2.24) is 4.90 Å². The van der Waals surface area contributed by atoms with Crippen molar-refractivity contribution in [2.75, 3.05) is 6.54 Å². The van der Waals surface area contributed by atoms with E-state index in [1.807, 2.05) is 4.90 Å². The maximum Gasteiger partial charge on any atom is 0.222 e. The molecule has 2 heterocycles. The van der Waals surface area contributed by atoms with Gasteiger partial charge in [-0.25, -0.2) is 0 Å². The second kappa shape index (κ2) is 3.05. The van der Waals surface area contributed by atoms with E-state index in [4.69, 9.17) is 0 Å². The molecule has 12 heavy (non-hydrogen) atoms. The summed E-state index contributed by atoms with van der Waals surface area (Å²) in [7, 11) is 0. The lowest BCUT2D eigenvalue weighted by molar-refractivity contribution is -0.139. The summed E-state index contributed by atoms with van der Waals surface area (Å²) in [6, 6.07) is 0.343. The largest absolute Gasteiger partial charge is 0.393 e. The zero-order valence-electron chi connectivity index (χ0n) is 7.20. The predicted molar refractivity (Wildman–Crippen MR) is 44.6 cm³/mol. The van der Waals surface area contributed by atoms with Crippen LogP contribution in [0.15, 0.2) is 0 Å². The third-order valence-corrected chi connectivity index (χ3v) is 2.94. The molecule has 1 N–H and O–H groups in total. The van der Waals surface area contributed by atoms with Crippen molar-refractivity contribution in [3.8, 4) is 0 Å². The lowest BCUT2D eigenvalue weighted by Crippen LogP contribution is -2.49. The molecule has 68 valence electrons. The maximum atomic E-state index is 11.4. The van der Waals surface area contributed by atoms with Crippen LogP contribution in [0.1, 0.15) is 32.1 Å². The Labute approximate surface area is 72.4 Å². The molecule has 3 heteroatoms. The molecule has 0 aliphatic carbocycles. The average molecular weight is 169 g/mol. The normalized spacial score (nSPS) is 36.4. The minimum Gasteiger partial charge on any atom is -0.393 e. The van der Waals surface area contributed by atoms with Gasteiger partial charge < -0.3 is 10.0 Å². The molecule has 2 aliphatic heterocycles. The summed E-state index contributed by atoms with van der Waals surface area (Å²) in [5.41, 5.74) is 0. The molecule has 2 unspecified atom stereocenters. The van der Waals surface area contributed by atoms with E-state index in [0.717, 1.165) is 32.2 Å². The van der Waals surface area contributed by atoms with Gasteiger partial charge in [0, 0.05) is 19.0 Å². The zero-order valence-corrected chi connectivity index (χ0v) is 7.20. The van der Waals surface area contributed by atoms with Gasteiger partial charge in [-0.05, 0) is 25.7 Å². The van der Waals surface area contributed by atoms with Crippen LogP contribution in [-0.4, -0.2) is 34.6 Å². The zero-order chi connectivity index (χ0) is 8.55. The van der Waals surface area contributed by atoms with Crippen LogP contribution in [0.2, 0.25) is 0 Å². The summed E-state index contributed by atoms with van der Waals surface area (Å²) in [6.07, 6.45) is 4.20. The van der Waals surface area contributed by atoms with Crippen LogP contribution >= 0.6 is 0 Å². The molecule has 2 saturated heterocycles. The Balaban J connectivity index is 2.04. The summed E-state index contributed by atoms with van der Waals surface area (Å²) < 4.78 is 0. The molecule has 0 saturated carbocycles. The highest BCUT2D eigenvalue weighted by Gasteiger charge is 2.32. The van der Waals surface area contributed by atoms with Crippen molar-refractivity contribution in [3.63, 3.8) is 0 Å². The van der Waals surface area contributed by atoms with Crippen molar-refractivity contribution >= 4 is 5.91 Å². The average Bonchev–Trinajstić information content (AvgIpc) is 2.04. The first-order chi connectivity index (χ1) is 5.77. The summed E-state index contributed by atoms with van der Waals surface area (Å²) in [4.78, 5) is 13.3. The topological polar surface area (TPSA) is 40.5 Å². The summed E-state index contributed by atoms with van der Waals surface area (Å²) in [6.45, 7) is 0.769. The van der Waals surface area contributed by atoms with Gasteiger partial charge in [0.05, 0.1) is 6.10 Å². The third-order valence-electron chi connectivity index (χ3n) is 2.94. The molecule has 0 spiro atoms. The number of nitrogens with zero attached hydrogens (tertiary/aromatic N) is 1. The smallest absolute Gasteiger partial charge is 0.222 e. The number of aliphatic hydroxyl groups excluding tert-OH is 1. The Morgan fingerprint density at radius 3 is 3.08 bits per heavy atom. The Morgan fingerprint density at radius 1 is 1.42 bits per heavy atom. The van der Waals surface area contributed by atoms with Crippen LogP contribution in [0.4, 0.5) is 0 Å². The van der Waals surface area contributed by atoms with Crippen molar-refractivity contribution in [2.24, 2.45) is 0 Å². The van der Waals surface area contributed by atoms with Crippen LogP contribution < -0.4 is 0 Å². The molecule has 3 nitrogen and oxygen atoms in total. The highest BCUT2D eigenvalue weighted by atomic mass is 16.3. The predicted octanol–water partition coefficient (Wildman–Crippen LogP) is 0.522. The molecule has 1 amide bonds. The van der Waals surface area contributed by atoms with Crippen molar-refractivity contribution in [1.29, 1.82) is 0 Å². The molecule has 0 aromatic heterocycles. The van der Waals surface area contributed by atoms with Gasteiger partial charge in [-0.15, -0.1) is 0 Å². The summed E-state index contributed by atoms with van der Waals surface area (Å²) >= 11 is 0. The molecule has 0 radical (unpaired) electrons. The lowest BCUT2D eigenvalue weighted by atomic mass is 9.91. The van der Waals surface area contributed by atoms with E-state index in [1.54, 1.807) is 0 Å². The van der Waals surface area contributed by atoms with E-state index < -0.39 is 0 Å². The van der Waals surface area contributed by atoms with E-state index in [1.165, 1.54) is 0 Å². The van der Waals surface area contributed by atoms with E-state index in [2.05, 4.69) is 0 Å². The number of hydrogen-bond donors (Lipinski definition) is 1. The van der Waals surface area contributed by atoms with E-state index in [-0.39, 0.29) is 12.0 Å². The van der Waals surface area contributed by atoms with Gasteiger partial charge in [-0.1, -0.05) is 0 Å². The molecule has 2 aliphatic rings. The Bertz CT molecular complexity index is 193.